The molecule has 0 heterocycles. The Balaban J connectivity index is 3.44. The van der Waals surface area contributed by atoms with Crippen LogP contribution in [0.25, 0.3) is 0 Å². The summed E-state index contributed by atoms with van der Waals surface area (Å²) in [6.45, 7) is 5.31. The highest BCUT2D eigenvalue weighted by atomic mass is 14.8. The lowest BCUT2D eigenvalue weighted by atomic mass is 10.3. The fraction of sp³-hybridized carbons (Fsp3) is 0.429. The third-order valence-electron chi connectivity index (χ3n) is 0.901. The summed E-state index contributed by atoms with van der Waals surface area (Å²) in [4.78, 5) is 3.41. The number of unbranched alkanes of at least 4 members (excludes halogenated alkanes) is 1. The monoisotopic (exact) mass is 124 g/mol. The molecule has 0 aromatic rings. The van der Waals surface area contributed by atoms with Crippen molar-refractivity contribution in [2.24, 2.45) is 4.99 Å². The van der Waals surface area contributed by atoms with Crippen LogP contribution in [0.3, 0.4) is 0 Å². The molecule has 0 saturated heterocycles. The van der Waals surface area contributed by atoms with Gasteiger partial charge in [0.1, 0.15) is 5.84 Å². The maximum atomic E-state index is 7.00. The minimum absolute atomic E-state index is 0.239. The SMILES string of the molecule is C=NC(=N)/C=C/CCC. The molecule has 0 amide bonds. The Hall–Kier alpha value is -0.920. The van der Waals surface area contributed by atoms with Crippen LogP contribution in [0.5, 0.6) is 0 Å². The highest BCUT2D eigenvalue weighted by molar-refractivity contribution is 5.93. The van der Waals surface area contributed by atoms with Crippen molar-refractivity contribution in [2.75, 3.05) is 0 Å². The van der Waals surface area contributed by atoms with E-state index in [2.05, 4.69) is 18.6 Å². The van der Waals surface area contributed by atoms with Gasteiger partial charge in [0, 0.05) is 0 Å². The summed E-state index contributed by atoms with van der Waals surface area (Å²) in [7, 11) is 0. The van der Waals surface area contributed by atoms with E-state index in [-0.39, 0.29) is 5.84 Å². The highest BCUT2D eigenvalue weighted by Gasteiger charge is 1.78. The lowest BCUT2D eigenvalue weighted by molar-refractivity contribution is 0.959. The zero-order valence-electron chi connectivity index (χ0n) is 5.72. The van der Waals surface area contributed by atoms with Gasteiger partial charge in [0.25, 0.3) is 0 Å². The summed E-state index contributed by atoms with van der Waals surface area (Å²) in [6.07, 6.45) is 5.71. The van der Waals surface area contributed by atoms with E-state index in [4.69, 9.17) is 5.41 Å². The molecule has 0 aliphatic heterocycles. The standard InChI is InChI=1S/C7H12N2/c1-3-4-5-6-7(8)9-2/h5-6,8H,2-4H2,1H3/b6-5+,8-7?. The number of nitrogens with one attached hydrogen (secondary N) is 1. The van der Waals surface area contributed by atoms with Gasteiger partial charge in [-0.05, 0) is 19.2 Å². The first kappa shape index (κ1) is 8.08. The molecular weight excluding hydrogens is 112 g/mol. The Labute approximate surface area is 55.8 Å². The molecule has 1 N–H and O–H groups in total. The van der Waals surface area contributed by atoms with Crippen LogP contribution in [-0.2, 0) is 0 Å². The molecule has 0 aromatic carbocycles. The third kappa shape index (κ3) is 4.94. The molecule has 0 radical (unpaired) electrons. The molecule has 2 heteroatoms. The molecule has 0 fully saturated rings. The quantitative estimate of drug-likeness (QED) is 0.441. The number of hydrogen-bond donors (Lipinski definition) is 1. The summed E-state index contributed by atoms with van der Waals surface area (Å²) in [5.41, 5.74) is 0. The van der Waals surface area contributed by atoms with E-state index in [1.54, 1.807) is 6.08 Å². The lowest BCUT2D eigenvalue weighted by Gasteiger charge is -1.83. The average Bonchev–Trinajstić information content (AvgIpc) is 1.89. The fourth-order valence-corrected chi connectivity index (χ4v) is 0.414. The predicted molar refractivity (Wildman–Crippen MR) is 41.3 cm³/mol. The van der Waals surface area contributed by atoms with Crippen molar-refractivity contribution in [1.82, 2.24) is 0 Å². The normalized spacial score (nSPS) is 9.89. The van der Waals surface area contributed by atoms with Crippen LogP contribution in [0.1, 0.15) is 19.8 Å². The first-order chi connectivity index (χ1) is 4.31. The minimum Gasteiger partial charge on any atom is -0.283 e. The van der Waals surface area contributed by atoms with Crippen molar-refractivity contribution in [2.45, 2.75) is 19.8 Å². The smallest absolute Gasteiger partial charge is 0.143 e. The van der Waals surface area contributed by atoms with Crippen molar-refractivity contribution < 1.29 is 0 Å². The van der Waals surface area contributed by atoms with Gasteiger partial charge in [0.05, 0.1) is 0 Å². The third-order valence-corrected chi connectivity index (χ3v) is 0.901. The Morgan fingerprint density at radius 2 is 2.44 bits per heavy atom. The number of rotatable bonds is 3. The van der Waals surface area contributed by atoms with Gasteiger partial charge in [0.15, 0.2) is 0 Å². The first-order valence-electron chi connectivity index (χ1n) is 3.03. The second-order valence-electron chi connectivity index (χ2n) is 1.73. The van der Waals surface area contributed by atoms with Crippen molar-refractivity contribution in [3.05, 3.63) is 12.2 Å². The number of amidine groups is 1. The van der Waals surface area contributed by atoms with Crippen LogP contribution < -0.4 is 0 Å². The van der Waals surface area contributed by atoms with Crippen molar-refractivity contribution in [1.29, 1.82) is 5.41 Å². The summed E-state index contributed by atoms with van der Waals surface area (Å²) >= 11 is 0. The van der Waals surface area contributed by atoms with Gasteiger partial charge in [-0.15, -0.1) is 0 Å². The van der Waals surface area contributed by atoms with E-state index >= 15 is 0 Å². The molecule has 0 rings (SSSR count). The summed E-state index contributed by atoms with van der Waals surface area (Å²) in [5, 5.41) is 7.00. The number of allylic oxidation sites excluding steroid dienone is 1. The van der Waals surface area contributed by atoms with Gasteiger partial charge in [-0.1, -0.05) is 19.4 Å². The van der Waals surface area contributed by atoms with Gasteiger partial charge < -0.3 is 0 Å². The molecule has 0 unspecified atom stereocenters. The number of hydrogen-bond acceptors (Lipinski definition) is 1. The topological polar surface area (TPSA) is 36.2 Å². The van der Waals surface area contributed by atoms with E-state index in [1.807, 2.05) is 6.08 Å². The Morgan fingerprint density at radius 3 is 2.89 bits per heavy atom. The zero-order chi connectivity index (χ0) is 7.11. The second-order valence-corrected chi connectivity index (χ2v) is 1.73. The molecule has 0 spiro atoms. The lowest BCUT2D eigenvalue weighted by Crippen LogP contribution is -1.80. The van der Waals surface area contributed by atoms with Crippen molar-refractivity contribution in [3.63, 3.8) is 0 Å². The van der Waals surface area contributed by atoms with Crippen molar-refractivity contribution >= 4 is 12.6 Å². The van der Waals surface area contributed by atoms with Crippen molar-refractivity contribution in [3.8, 4) is 0 Å². The van der Waals surface area contributed by atoms with E-state index in [0.29, 0.717) is 0 Å². The molecule has 0 bridgehead atoms. The molecule has 9 heavy (non-hydrogen) atoms. The molecule has 0 aliphatic rings. The molecule has 50 valence electrons. The van der Waals surface area contributed by atoms with Crippen LogP contribution in [0.15, 0.2) is 17.1 Å². The summed E-state index contributed by atoms with van der Waals surface area (Å²) in [6, 6.07) is 0. The molecule has 0 aromatic heterocycles. The zero-order valence-corrected chi connectivity index (χ0v) is 5.72. The number of aliphatic imine (C=N–C) groups is 1. The first-order valence-corrected chi connectivity index (χ1v) is 3.03. The van der Waals surface area contributed by atoms with Gasteiger partial charge in [-0.3, -0.25) is 5.41 Å². The highest BCUT2D eigenvalue weighted by Crippen LogP contribution is 1.88. The van der Waals surface area contributed by atoms with Gasteiger partial charge >= 0.3 is 0 Å². The predicted octanol–water partition coefficient (Wildman–Crippen LogP) is 2.02. The second kappa shape index (κ2) is 5.22. The molecule has 0 aliphatic carbocycles. The molecular formula is C7H12N2. The van der Waals surface area contributed by atoms with E-state index in [9.17, 15) is 0 Å². The maximum absolute atomic E-state index is 7.00. The van der Waals surface area contributed by atoms with E-state index in [0.717, 1.165) is 12.8 Å². The largest absolute Gasteiger partial charge is 0.283 e. The van der Waals surface area contributed by atoms with Crippen LogP contribution in [-0.4, -0.2) is 12.6 Å². The fourth-order valence-electron chi connectivity index (χ4n) is 0.414. The Bertz CT molecular complexity index is 125. The van der Waals surface area contributed by atoms with E-state index < -0.39 is 0 Å². The van der Waals surface area contributed by atoms with Gasteiger partial charge in [0.2, 0.25) is 0 Å². The van der Waals surface area contributed by atoms with Crippen LogP contribution >= 0.6 is 0 Å². The maximum Gasteiger partial charge on any atom is 0.143 e. The molecule has 2 nitrogen and oxygen atoms in total. The van der Waals surface area contributed by atoms with Crippen LogP contribution in [0, 0.1) is 5.41 Å². The number of nitrogens with zero attached hydrogens (tertiary/aromatic N) is 1. The molecule has 0 saturated carbocycles. The summed E-state index contributed by atoms with van der Waals surface area (Å²) in [5.74, 6) is 0.239. The Morgan fingerprint density at radius 1 is 1.78 bits per heavy atom. The van der Waals surface area contributed by atoms with Crippen LogP contribution in [0.4, 0.5) is 0 Å². The summed E-state index contributed by atoms with van der Waals surface area (Å²) < 4.78 is 0. The minimum atomic E-state index is 0.239. The van der Waals surface area contributed by atoms with Gasteiger partial charge in [-0.25, -0.2) is 4.99 Å². The van der Waals surface area contributed by atoms with E-state index in [1.165, 1.54) is 0 Å². The molecule has 0 atom stereocenters. The van der Waals surface area contributed by atoms with Gasteiger partial charge in [-0.2, -0.15) is 0 Å². The average molecular weight is 124 g/mol. The Kier molecular flexibility index (Phi) is 4.69. The van der Waals surface area contributed by atoms with Crippen LogP contribution in [0.2, 0.25) is 0 Å².